The molecule has 0 bridgehead atoms. The van der Waals surface area contributed by atoms with E-state index in [1.165, 1.54) is 0 Å². The third-order valence-corrected chi connectivity index (χ3v) is 4.43. The molecule has 162 valence electrons. The number of carbonyl (C=O) groups is 3. The number of rotatable bonds is 10. The molecule has 0 aliphatic rings. The molecule has 0 aliphatic heterocycles. The first kappa shape index (κ1) is 23.3. The van der Waals surface area contributed by atoms with Gasteiger partial charge in [0, 0.05) is 43.2 Å². The maximum Gasteiger partial charge on any atom is 0.319 e. The first-order chi connectivity index (χ1) is 15.0. The summed E-state index contributed by atoms with van der Waals surface area (Å²) >= 11 is 0. The molecule has 0 aliphatic carbocycles. The highest BCUT2D eigenvalue weighted by atomic mass is 16.2. The molecule has 0 radical (unpaired) electrons. The number of anilines is 1. The lowest BCUT2D eigenvalue weighted by Crippen LogP contribution is -2.29. The van der Waals surface area contributed by atoms with Gasteiger partial charge in [-0.3, -0.25) is 14.6 Å². The largest absolute Gasteiger partial charge is 0.352 e. The third-order valence-electron chi connectivity index (χ3n) is 4.43. The van der Waals surface area contributed by atoms with E-state index in [1.807, 2.05) is 25.1 Å². The number of pyridine rings is 1. The van der Waals surface area contributed by atoms with E-state index in [1.54, 1.807) is 36.7 Å². The predicted octanol–water partition coefficient (Wildman–Crippen LogP) is 2.19. The average molecular weight is 422 g/mol. The Morgan fingerprint density at radius 1 is 1.03 bits per heavy atom. The molecule has 0 spiro atoms. The van der Waals surface area contributed by atoms with E-state index in [0.717, 1.165) is 5.56 Å². The topological polar surface area (TPSA) is 136 Å². The van der Waals surface area contributed by atoms with Crippen LogP contribution >= 0.6 is 0 Å². The average Bonchev–Trinajstić information content (AvgIpc) is 2.77. The molecule has 1 aromatic heterocycles. The number of hydrogen-bond acceptors (Lipinski definition) is 5. The van der Waals surface area contributed by atoms with Crippen molar-refractivity contribution in [3.63, 3.8) is 0 Å². The second kappa shape index (κ2) is 12.6. The highest BCUT2D eigenvalue weighted by molar-refractivity contribution is 5.95. The minimum Gasteiger partial charge on any atom is -0.352 e. The van der Waals surface area contributed by atoms with Crippen LogP contribution in [0.1, 0.15) is 35.7 Å². The van der Waals surface area contributed by atoms with E-state index in [2.05, 4.69) is 26.3 Å². The minimum absolute atomic E-state index is 0.000454. The van der Waals surface area contributed by atoms with Gasteiger partial charge in [0.2, 0.25) is 5.91 Å². The van der Waals surface area contributed by atoms with Gasteiger partial charge in [-0.25, -0.2) is 4.79 Å². The lowest BCUT2D eigenvalue weighted by molar-refractivity contribution is -0.121. The maximum atomic E-state index is 12.3. The summed E-state index contributed by atoms with van der Waals surface area (Å²) < 4.78 is 0. The number of nitriles is 1. The summed E-state index contributed by atoms with van der Waals surface area (Å²) in [5, 5.41) is 19.2. The number of urea groups is 1. The predicted molar refractivity (Wildman–Crippen MR) is 116 cm³/mol. The zero-order valence-electron chi connectivity index (χ0n) is 17.4. The van der Waals surface area contributed by atoms with E-state index in [4.69, 9.17) is 5.26 Å². The number of aromatic nitrogens is 1. The number of nitrogens with one attached hydrogen (secondary N) is 4. The number of amides is 4. The van der Waals surface area contributed by atoms with Crippen molar-refractivity contribution >= 4 is 23.5 Å². The molecule has 1 aromatic carbocycles. The van der Waals surface area contributed by atoms with Crippen LogP contribution in [-0.4, -0.2) is 35.9 Å². The van der Waals surface area contributed by atoms with Crippen molar-refractivity contribution in [3.05, 3.63) is 59.9 Å². The molecule has 4 N–H and O–H groups in total. The number of nitrogens with zero attached hydrogens (tertiary/aromatic N) is 2. The zero-order valence-corrected chi connectivity index (χ0v) is 17.4. The number of hydrogen-bond donors (Lipinski definition) is 4. The molecule has 0 saturated heterocycles. The summed E-state index contributed by atoms with van der Waals surface area (Å²) in [5.41, 5.74) is 1.98. The second-order valence-electron chi connectivity index (χ2n) is 7.03. The molecule has 0 fully saturated rings. The van der Waals surface area contributed by atoms with Crippen molar-refractivity contribution in [1.29, 1.82) is 5.26 Å². The molecule has 2 aromatic rings. The summed E-state index contributed by atoms with van der Waals surface area (Å²) in [7, 11) is 0. The van der Waals surface area contributed by atoms with Crippen molar-refractivity contribution < 1.29 is 14.4 Å². The van der Waals surface area contributed by atoms with Gasteiger partial charge in [0.15, 0.2) is 0 Å². The molecule has 0 saturated carbocycles. The fourth-order valence-electron chi connectivity index (χ4n) is 2.73. The van der Waals surface area contributed by atoms with Gasteiger partial charge in [-0.05, 0) is 54.3 Å². The molecular formula is C22H26N6O3. The Hall–Kier alpha value is -3.93. The second-order valence-corrected chi connectivity index (χ2v) is 7.03. The molecule has 9 heteroatoms. The number of carbonyl (C=O) groups excluding carboxylic acids is 3. The lowest BCUT2D eigenvalue weighted by atomic mass is 10.0. The fourth-order valence-corrected chi connectivity index (χ4v) is 2.73. The van der Waals surface area contributed by atoms with Gasteiger partial charge >= 0.3 is 6.03 Å². The van der Waals surface area contributed by atoms with E-state index >= 15 is 0 Å². The van der Waals surface area contributed by atoms with Gasteiger partial charge in [-0.15, -0.1) is 0 Å². The van der Waals surface area contributed by atoms with Gasteiger partial charge in [0.05, 0.1) is 6.07 Å². The molecule has 2 rings (SSSR count). The van der Waals surface area contributed by atoms with E-state index in [-0.39, 0.29) is 30.3 Å². The Balaban J connectivity index is 1.70. The first-order valence-electron chi connectivity index (χ1n) is 9.93. The van der Waals surface area contributed by atoms with Crippen LogP contribution < -0.4 is 21.3 Å². The van der Waals surface area contributed by atoms with Gasteiger partial charge in [-0.1, -0.05) is 6.92 Å². The summed E-state index contributed by atoms with van der Waals surface area (Å²) in [4.78, 5) is 39.7. The monoisotopic (exact) mass is 422 g/mol. The molecule has 4 amide bonds. The van der Waals surface area contributed by atoms with Crippen LogP contribution in [0.25, 0.3) is 0 Å². The smallest absolute Gasteiger partial charge is 0.319 e. The van der Waals surface area contributed by atoms with E-state index in [9.17, 15) is 14.4 Å². The Labute approximate surface area is 181 Å². The summed E-state index contributed by atoms with van der Waals surface area (Å²) in [6.45, 7) is 2.73. The van der Waals surface area contributed by atoms with Crippen LogP contribution in [0.15, 0.2) is 48.8 Å². The van der Waals surface area contributed by atoms with Crippen LogP contribution in [0, 0.1) is 17.2 Å². The van der Waals surface area contributed by atoms with Crippen LogP contribution in [-0.2, 0) is 11.3 Å². The Bertz CT molecular complexity index is 909. The number of benzene rings is 1. The molecule has 9 nitrogen and oxygen atoms in total. The third kappa shape index (κ3) is 8.95. The van der Waals surface area contributed by atoms with Crippen molar-refractivity contribution in [2.75, 3.05) is 18.4 Å². The van der Waals surface area contributed by atoms with Crippen LogP contribution in [0.4, 0.5) is 10.5 Å². The van der Waals surface area contributed by atoms with Crippen molar-refractivity contribution in [3.8, 4) is 6.07 Å². The molecule has 1 unspecified atom stereocenters. The normalized spacial score (nSPS) is 11.0. The van der Waals surface area contributed by atoms with Crippen molar-refractivity contribution in [2.24, 2.45) is 5.92 Å². The Morgan fingerprint density at radius 2 is 1.74 bits per heavy atom. The van der Waals surface area contributed by atoms with Crippen LogP contribution in [0.2, 0.25) is 0 Å². The van der Waals surface area contributed by atoms with E-state index in [0.29, 0.717) is 37.2 Å². The van der Waals surface area contributed by atoms with Crippen molar-refractivity contribution in [2.45, 2.75) is 26.3 Å². The van der Waals surface area contributed by atoms with Crippen LogP contribution in [0.5, 0.6) is 0 Å². The summed E-state index contributed by atoms with van der Waals surface area (Å²) in [5.74, 6) is -0.320. The van der Waals surface area contributed by atoms with Gasteiger partial charge in [-0.2, -0.15) is 5.26 Å². The van der Waals surface area contributed by atoms with Gasteiger partial charge in [0.1, 0.15) is 6.54 Å². The SMILES string of the molecule is CC(CCNC(=O)c1ccc(NC(=O)NCc2ccncc2)cc1)CC(=O)NCC#N. The van der Waals surface area contributed by atoms with Gasteiger partial charge < -0.3 is 21.3 Å². The fraction of sp³-hybridized carbons (Fsp3) is 0.318. The zero-order chi connectivity index (χ0) is 22.5. The van der Waals surface area contributed by atoms with Crippen molar-refractivity contribution in [1.82, 2.24) is 20.9 Å². The Kier molecular flexibility index (Phi) is 9.49. The Morgan fingerprint density at radius 3 is 2.42 bits per heavy atom. The highest BCUT2D eigenvalue weighted by Gasteiger charge is 2.10. The molecule has 1 atom stereocenters. The quantitative estimate of drug-likeness (QED) is 0.435. The lowest BCUT2D eigenvalue weighted by Gasteiger charge is -2.12. The minimum atomic E-state index is -0.346. The summed E-state index contributed by atoms with van der Waals surface area (Å²) in [6.07, 6.45) is 4.27. The molecular weight excluding hydrogens is 396 g/mol. The standard InChI is InChI=1S/C22H26N6O3/c1-16(14-20(29)25-13-9-23)6-12-26-21(30)18-2-4-19(5-3-18)28-22(31)27-15-17-7-10-24-11-8-17/h2-5,7-8,10-11,16H,6,12-15H2,1H3,(H,25,29)(H,26,30)(H2,27,28,31). The van der Waals surface area contributed by atoms with Crippen LogP contribution in [0.3, 0.4) is 0 Å². The summed E-state index contributed by atoms with van der Waals surface area (Å²) in [6, 6.07) is 11.7. The van der Waals surface area contributed by atoms with E-state index < -0.39 is 0 Å². The molecule has 1 heterocycles. The maximum absolute atomic E-state index is 12.3. The highest BCUT2D eigenvalue weighted by Crippen LogP contribution is 2.10. The van der Waals surface area contributed by atoms with Gasteiger partial charge in [0.25, 0.3) is 5.91 Å². The molecule has 31 heavy (non-hydrogen) atoms. The first-order valence-corrected chi connectivity index (χ1v) is 9.93.